The number of carbonyl (C=O) groups is 2. The van der Waals surface area contributed by atoms with Gasteiger partial charge in [0.15, 0.2) is 5.13 Å². The second kappa shape index (κ2) is 8.27. The molecule has 0 atom stereocenters. The molecule has 3 fully saturated rings. The van der Waals surface area contributed by atoms with E-state index in [0.717, 1.165) is 56.9 Å². The Bertz CT molecular complexity index is 671. The smallest absolute Gasteiger partial charge is 0.229 e. The summed E-state index contributed by atoms with van der Waals surface area (Å²) in [5.74, 6) is 1.45. The van der Waals surface area contributed by atoms with Crippen molar-refractivity contribution < 1.29 is 9.59 Å². The minimum atomic E-state index is -0.0100. The zero-order valence-corrected chi connectivity index (χ0v) is 17.0. The summed E-state index contributed by atoms with van der Waals surface area (Å²) in [5, 5.41) is 5.77. The molecule has 3 heterocycles. The number of thiazole rings is 1. The molecule has 4 rings (SSSR count). The Morgan fingerprint density at radius 2 is 1.78 bits per heavy atom. The zero-order chi connectivity index (χ0) is 18.8. The molecular weight excluding hydrogens is 360 g/mol. The molecule has 1 saturated carbocycles. The van der Waals surface area contributed by atoms with E-state index in [1.807, 2.05) is 4.90 Å². The van der Waals surface area contributed by atoms with E-state index in [0.29, 0.717) is 24.1 Å². The maximum atomic E-state index is 12.6. The van der Waals surface area contributed by atoms with Crippen LogP contribution in [0.25, 0.3) is 0 Å². The van der Waals surface area contributed by atoms with Gasteiger partial charge in [-0.05, 0) is 57.5 Å². The lowest BCUT2D eigenvalue weighted by molar-refractivity contribution is -0.135. The van der Waals surface area contributed by atoms with Gasteiger partial charge in [-0.2, -0.15) is 0 Å². The van der Waals surface area contributed by atoms with E-state index in [9.17, 15) is 9.59 Å². The van der Waals surface area contributed by atoms with Crippen molar-refractivity contribution in [2.75, 3.05) is 31.5 Å². The largest absolute Gasteiger partial charge is 0.342 e. The van der Waals surface area contributed by atoms with Crippen molar-refractivity contribution >= 4 is 28.3 Å². The highest BCUT2D eigenvalue weighted by atomic mass is 32.1. The maximum Gasteiger partial charge on any atom is 0.229 e. The predicted molar refractivity (Wildman–Crippen MR) is 106 cm³/mol. The second-order valence-electron chi connectivity index (χ2n) is 8.47. The molecule has 0 bridgehead atoms. The van der Waals surface area contributed by atoms with Gasteiger partial charge in [-0.1, -0.05) is 6.92 Å². The number of hydrogen-bond donors (Lipinski definition) is 1. The summed E-state index contributed by atoms with van der Waals surface area (Å²) < 4.78 is 0. The van der Waals surface area contributed by atoms with Crippen LogP contribution in [0.5, 0.6) is 0 Å². The Labute approximate surface area is 165 Å². The fourth-order valence-corrected chi connectivity index (χ4v) is 4.75. The molecule has 3 aliphatic rings. The molecule has 2 saturated heterocycles. The summed E-state index contributed by atoms with van der Waals surface area (Å²) in [5.41, 5.74) is 1.05. The summed E-state index contributed by atoms with van der Waals surface area (Å²) in [4.78, 5) is 33.7. The van der Waals surface area contributed by atoms with E-state index in [1.54, 1.807) is 0 Å². The number of hydrogen-bond acceptors (Lipinski definition) is 5. The number of anilines is 1. The Morgan fingerprint density at radius 3 is 2.44 bits per heavy atom. The number of aromatic nitrogens is 1. The monoisotopic (exact) mass is 390 g/mol. The summed E-state index contributed by atoms with van der Waals surface area (Å²) >= 11 is 1.51. The number of piperidine rings is 2. The van der Waals surface area contributed by atoms with Crippen LogP contribution in [-0.4, -0.2) is 52.8 Å². The number of rotatable bonds is 5. The quantitative estimate of drug-likeness (QED) is 0.839. The molecule has 7 heteroatoms. The molecule has 1 N–H and O–H groups in total. The molecule has 148 valence electrons. The predicted octanol–water partition coefficient (Wildman–Crippen LogP) is 2.96. The molecule has 27 heavy (non-hydrogen) atoms. The van der Waals surface area contributed by atoms with Gasteiger partial charge in [0.05, 0.1) is 5.69 Å². The molecular formula is C20H30N4O2S. The number of nitrogens with one attached hydrogen (secondary N) is 1. The second-order valence-corrected chi connectivity index (χ2v) is 9.32. The van der Waals surface area contributed by atoms with Crippen LogP contribution in [0.15, 0.2) is 5.38 Å². The molecule has 2 aliphatic heterocycles. The Hall–Kier alpha value is -1.47. The molecule has 6 nitrogen and oxygen atoms in total. The average Bonchev–Trinajstić information content (AvgIpc) is 3.44. The SMILES string of the molecule is CC1CCN(Cc2csc(NC(=O)C3CCN(C(=O)C4CC4)CC3)n2)CC1. The fourth-order valence-electron chi connectivity index (χ4n) is 4.04. The van der Waals surface area contributed by atoms with E-state index in [-0.39, 0.29) is 17.7 Å². The standard InChI is InChI=1S/C20H30N4O2S/c1-14-4-8-23(9-5-14)12-17-13-27-20(21-17)22-18(25)15-6-10-24(11-7-15)19(26)16-2-3-16/h13-16H,2-12H2,1H3,(H,21,22,25). The van der Waals surface area contributed by atoms with Gasteiger partial charge < -0.3 is 10.2 Å². The molecule has 0 spiro atoms. The summed E-state index contributed by atoms with van der Waals surface area (Å²) in [7, 11) is 0. The van der Waals surface area contributed by atoms with Crippen LogP contribution in [0.1, 0.15) is 51.1 Å². The van der Waals surface area contributed by atoms with Crippen LogP contribution in [0, 0.1) is 17.8 Å². The number of likely N-dealkylation sites (tertiary alicyclic amines) is 2. The van der Waals surface area contributed by atoms with E-state index < -0.39 is 0 Å². The van der Waals surface area contributed by atoms with E-state index in [2.05, 4.69) is 27.5 Å². The van der Waals surface area contributed by atoms with Crippen molar-refractivity contribution in [3.63, 3.8) is 0 Å². The van der Waals surface area contributed by atoms with Gasteiger partial charge in [0, 0.05) is 36.9 Å². The van der Waals surface area contributed by atoms with Crippen LogP contribution < -0.4 is 5.32 Å². The first-order chi connectivity index (χ1) is 13.1. The van der Waals surface area contributed by atoms with Gasteiger partial charge in [0.2, 0.25) is 11.8 Å². The van der Waals surface area contributed by atoms with Crippen molar-refractivity contribution in [1.82, 2.24) is 14.8 Å². The third kappa shape index (κ3) is 4.88. The number of nitrogens with zero attached hydrogens (tertiary/aromatic N) is 3. The first-order valence-corrected chi connectivity index (χ1v) is 11.2. The van der Waals surface area contributed by atoms with Crippen LogP contribution in [0.3, 0.4) is 0 Å². The zero-order valence-electron chi connectivity index (χ0n) is 16.2. The van der Waals surface area contributed by atoms with Crippen molar-refractivity contribution in [3.05, 3.63) is 11.1 Å². The van der Waals surface area contributed by atoms with Crippen LogP contribution in [-0.2, 0) is 16.1 Å². The summed E-state index contributed by atoms with van der Waals surface area (Å²) in [6.07, 6.45) is 6.12. The van der Waals surface area contributed by atoms with Crippen molar-refractivity contribution in [3.8, 4) is 0 Å². The molecule has 1 aromatic rings. The first kappa shape index (κ1) is 18.9. The summed E-state index contributed by atoms with van der Waals surface area (Å²) in [6.45, 7) is 6.89. The van der Waals surface area contributed by atoms with E-state index >= 15 is 0 Å². The van der Waals surface area contributed by atoms with Crippen molar-refractivity contribution in [2.24, 2.45) is 17.8 Å². The fraction of sp³-hybridized carbons (Fsp3) is 0.750. The lowest BCUT2D eigenvalue weighted by atomic mass is 9.95. The molecule has 0 unspecified atom stereocenters. The normalized spacial score (nSPS) is 22.8. The highest BCUT2D eigenvalue weighted by molar-refractivity contribution is 7.13. The van der Waals surface area contributed by atoms with Crippen molar-refractivity contribution in [2.45, 2.75) is 52.0 Å². The maximum absolute atomic E-state index is 12.6. The highest BCUT2D eigenvalue weighted by Gasteiger charge is 2.36. The molecule has 2 amide bonds. The lowest BCUT2D eigenvalue weighted by Crippen LogP contribution is -2.42. The highest BCUT2D eigenvalue weighted by Crippen LogP contribution is 2.32. The van der Waals surface area contributed by atoms with Crippen LogP contribution in [0.4, 0.5) is 5.13 Å². The van der Waals surface area contributed by atoms with Crippen LogP contribution >= 0.6 is 11.3 Å². The Kier molecular flexibility index (Phi) is 5.78. The van der Waals surface area contributed by atoms with Crippen LogP contribution in [0.2, 0.25) is 0 Å². The van der Waals surface area contributed by atoms with E-state index in [1.165, 1.54) is 24.2 Å². The molecule has 1 aliphatic carbocycles. The minimum Gasteiger partial charge on any atom is -0.342 e. The van der Waals surface area contributed by atoms with E-state index in [4.69, 9.17) is 0 Å². The first-order valence-electron chi connectivity index (χ1n) is 10.3. The number of carbonyl (C=O) groups excluding carboxylic acids is 2. The van der Waals surface area contributed by atoms with Gasteiger partial charge in [-0.3, -0.25) is 14.5 Å². The summed E-state index contributed by atoms with van der Waals surface area (Å²) in [6, 6.07) is 0. The Balaban J connectivity index is 1.23. The molecule has 0 radical (unpaired) electrons. The van der Waals surface area contributed by atoms with Gasteiger partial charge in [-0.15, -0.1) is 11.3 Å². The van der Waals surface area contributed by atoms with Gasteiger partial charge in [-0.25, -0.2) is 4.98 Å². The third-order valence-electron chi connectivity index (χ3n) is 6.15. The average molecular weight is 391 g/mol. The molecule has 0 aromatic carbocycles. The van der Waals surface area contributed by atoms with Crippen molar-refractivity contribution in [1.29, 1.82) is 0 Å². The topological polar surface area (TPSA) is 65.5 Å². The molecule has 1 aromatic heterocycles. The van der Waals surface area contributed by atoms with Gasteiger partial charge in [0.1, 0.15) is 0 Å². The number of amides is 2. The minimum absolute atomic E-state index is 0.0100. The Morgan fingerprint density at radius 1 is 1.07 bits per heavy atom. The van der Waals surface area contributed by atoms with Gasteiger partial charge >= 0.3 is 0 Å². The third-order valence-corrected chi connectivity index (χ3v) is 6.95. The van der Waals surface area contributed by atoms with Gasteiger partial charge in [0.25, 0.3) is 0 Å². The lowest BCUT2D eigenvalue weighted by Gasteiger charge is -2.31.